The zero-order valence-electron chi connectivity index (χ0n) is 9.44. The molecule has 3 heteroatoms. The zero-order chi connectivity index (χ0) is 11.0. The third kappa shape index (κ3) is 1.97. The van der Waals surface area contributed by atoms with E-state index in [0.717, 1.165) is 11.4 Å². The van der Waals surface area contributed by atoms with Crippen LogP contribution in [0.1, 0.15) is 30.3 Å². The van der Waals surface area contributed by atoms with Crippen LogP contribution in [-0.2, 0) is 0 Å². The predicted molar refractivity (Wildman–Crippen MR) is 68.8 cm³/mol. The van der Waals surface area contributed by atoms with Crippen LogP contribution in [0.4, 0.5) is 0 Å². The molecular formula is C13H16N2S. The summed E-state index contributed by atoms with van der Waals surface area (Å²) in [7, 11) is 2.04. The number of benzene rings is 1. The molecule has 0 saturated heterocycles. The highest BCUT2D eigenvalue weighted by Gasteiger charge is 2.26. The van der Waals surface area contributed by atoms with Crippen molar-refractivity contribution in [2.24, 2.45) is 5.92 Å². The van der Waals surface area contributed by atoms with Crippen molar-refractivity contribution in [2.45, 2.75) is 25.3 Å². The molecule has 0 aliphatic heterocycles. The van der Waals surface area contributed by atoms with E-state index in [1.165, 1.54) is 29.0 Å². The van der Waals surface area contributed by atoms with Gasteiger partial charge < -0.3 is 5.32 Å². The summed E-state index contributed by atoms with van der Waals surface area (Å²) in [5.74, 6) is 0.935. The first-order chi connectivity index (χ1) is 7.86. The van der Waals surface area contributed by atoms with Gasteiger partial charge in [0.15, 0.2) is 0 Å². The third-order valence-corrected chi connectivity index (χ3v) is 4.37. The lowest BCUT2D eigenvalue weighted by Gasteiger charge is -2.11. The highest BCUT2D eigenvalue weighted by Crippen LogP contribution is 2.39. The van der Waals surface area contributed by atoms with Gasteiger partial charge in [-0.15, -0.1) is 11.3 Å². The molecule has 1 heterocycles. The molecule has 2 nitrogen and oxygen atoms in total. The Labute approximate surface area is 99.7 Å². The van der Waals surface area contributed by atoms with E-state index >= 15 is 0 Å². The molecule has 0 amide bonds. The van der Waals surface area contributed by atoms with Crippen molar-refractivity contribution in [1.29, 1.82) is 0 Å². The summed E-state index contributed by atoms with van der Waals surface area (Å²) < 4.78 is 1.30. The monoisotopic (exact) mass is 232 g/mol. The molecule has 1 aliphatic rings. The lowest BCUT2D eigenvalue weighted by molar-refractivity contribution is 0.513. The fraction of sp³-hybridized carbons (Fsp3) is 0.462. The van der Waals surface area contributed by atoms with Gasteiger partial charge in [-0.05, 0) is 31.5 Å². The maximum Gasteiger partial charge on any atom is 0.111 e. The second-order valence-corrected chi connectivity index (χ2v) is 5.60. The molecule has 1 saturated carbocycles. The van der Waals surface area contributed by atoms with Crippen LogP contribution in [0, 0.1) is 5.92 Å². The Bertz CT molecular complexity index is 454. The molecule has 16 heavy (non-hydrogen) atoms. The number of para-hydroxylation sites is 1. The minimum Gasteiger partial charge on any atom is -0.311 e. The molecule has 1 atom stereocenters. The van der Waals surface area contributed by atoms with Crippen molar-refractivity contribution in [3.8, 4) is 0 Å². The van der Waals surface area contributed by atoms with Crippen LogP contribution < -0.4 is 5.32 Å². The van der Waals surface area contributed by atoms with E-state index in [1.54, 1.807) is 0 Å². The van der Waals surface area contributed by atoms with Crippen LogP contribution in [-0.4, -0.2) is 12.0 Å². The molecule has 2 aromatic rings. The van der Waals surface area contributed by atoms with Crippen LogP contribution in [0.15, 0.2) is 24.3 Å². The van der Waals surface area contributed by atoms with E-state index < -0.39 is 0 Å². The Morgan fingerprint density at radius 1 is 1.44 bits per heavy atom. The molecular weight excluding hydrogens is 216 g/mol. The number of aromatic nitrogens is 1. The van der Waals surface area contributed by atoms with Gasteiger partial charge in [-0.25, -0.2) is 4.98 Å². The summed E-state index contributed by atoms with van der Waals surface area (Å²) >= 11 is 1.83. The van der Waals surface area contributed by atoms with E-state index in [9.17, 15) is 0 Å². The van der Waals surface area contributed by atoms with E-state index in [4.69, 9.17) is 4.98 Å². The Morgan fingerprint density at radius 3 is 2.94 bits per heavy atom. The Hall–Kier alpha value is -0.930. The number of nitrogens with one attached hydrogen (secondary N) is 1. The summed E-state index contributed by atoms with van der Waals surface area (Å²) in [6.45, 7) is 0. The van der Waals surface area contributed by atoms with Gasteiger partial charge in [-0.2, -0.15) is 0 Å². The second kappa shape index (κ2) is 4.15. The first-order valence-corrected chi connectivity index (χ1v) is 6.71. The van der Waals surface area contributed by atoms with Crippen LogP contribution >= 0.6 is 11.3 Å². The van der Waals surface area contributed by atoms with Crippen molar-refractivity contribution in [3.63, 3.8) is 0 Å². The van der Waals surface area contributed by atoms with Gasteiger partial charge in [0.05, 0.1) is 16.3 Å². The first kappa shape index (κ1) is 10.2. The van der Waals surface area contributed by atoms with Crippen molar-refractivity contribution < 1.29 is 0 Å². The number of thiazole rings is 1. The lowest BCUT2D eigenvalue weighted by Crippen LogP contribution is -2.16. The van der Waals surface area contributed by atoms with Crippen molar-refractivity contribution in [3.05, 3.63) is 29.3 Å². The van der Waals surface area contributed by atoms with Gasteiger partial charge in [0, 0.05) is 0 Å². The molecule has 1 aliphatic carbocycles. The maximum absolute atomic E-state index is 4.72. The molecule has 1 aromatic heterocycles. The molecule has 0 radical (unpaired) electrons. The Kier molecular flexibility index (Phi) is 2.65. The topological polar surface area (TPSA) is 24.9 Å². The average molecular weight is 232 g/mol. The molecule has 0 bridgehead atoms. The third-order valence-electron chi connectivity index (χ3n) is 3.22. The molecule has 1 aromatic carbocycles. The highest BCUT2D eigenvalue weighted by atomic mass is 32.1. The summed E-state index contributed by atoms with van der Waals surface area (Å²) in [5.41, 5.74) is 1.14. The van der Waals surface area contributed by atoms with Gasteiger partial charge in [-0.1, -0.05) is 25.0 Å². The summed E-state index contributed by atoms with van der Waals surface area (Å²) in [6, 6.07) is 8.84. The van der Waals surface area contributed by atoms with Crippen LogP contribution in [0.25, 0.3) is 10.2 Å². The summed E-state index contributed by atoms with van der Waals surface area (Å²) in [6.07, 6.45) is 4.06. The number of rotatable bonds is 4. The van der Waals surface area contributed by atoms with Crippen LogP contribution in [0.3, 0.4) is 0 Å². The lowest BCUT2D eigenvalue weighted by atomic mass is 10.1. The van der Waals surface area contributed by atoms with Crippen molar-refractivity contribution in [2.75, 3.05) is 7.05 Å². The second-order valence-electron chi connectivity index (χ2n) is 4.54. The highest BCUT2D eigenvalue weighted by molar-refractivity contribution is 7.18. The Balaban J connectivity index is 1.90. The van der Waals surface area contributed by atoms with Gasteiger partial charge in [0.25, 0.3) is 0 Å². The predicted octanol–water partition coefficient (Wildman–Crippen LogP) is 3.36. The molecule has 0 spiro atoms. The van der Waals surface area contributed by atoms with Crippen molar-refractivity contribution >= 4 is 21.6 Å². The normalized spacial score (nSPS) is 17.8. The Morgan fingerprint density at radius 2 is 2.25 bits per heavy atom. The minimum absolute atomic E-state index is 0.449. The van der Waals surface area contributed by atoms with Gasteiger partial charge in [-0.3, -0.25) is 0 Å². The number of hydrogen-bond acceptors (Lipinski definition) is 3. The largest absolute Gasteiger partial charge is 0.311 e. The minimum atomic E-state index is 0.449. The maximum atomic E-state index is 4.72. The van der Waals surface area contributed by atoms with E-state index in [0.29, 0.717) is 6.04 Å². The van der Waals surface area contributed by atoms with Gasteiger partial charge in [0.2, 0.25) is 0 Å². The SMILES string of the molecule is CNC(CC1CC1)c1nc2ccccc2s1. The van der Waals surface area contributed by atoms with E-state index in [2.05, 4.69) is 29.6 Å². The average Bonchev–Trinajstić information content (AvgIpc) is 3.02. The van der Waals surface area contributed by atoms with Crippen LogP contribution in [0.2, 0.25) is 0 Å². The van der Waals surface area contributed by atoms with Gasteiger partial charge in [0.1, 0.15) is 5.01 Å². The number of hydrogen-bond donors (Lipinski definition) is 1. The molecule has 1 N–H and O–H groups in total. The number of fused-ring (bicyclic) bond motifs is 1. The fourth-order valence-electron chi connectivity index (χ4n) is 2.07. The first-order valence-electron chi connectivity index (χ1n) is 5.89. The standard InChI is InChI=1S/C13H16N2S/c1-14-11(8-9-6-7-9)13-15-10-4-2-3-5-12(10)16-13/h2-5,9,11,14H,6-8H2,1H3. The smallest absolute Gasteiger partial charge is 0.111 e. The quantitative estimate of drug-likeness (QED) is 0.874. The molecule has 1 fully saturated rings. The van der Waals surface area contributed by atoms with E-state index in [-0.39, 0.29) is 0 Å². The number of nitrogens with zero attached hydrogens (tertiary/aromatic N) is 1. The fourth-order valence-corrected chi connectivity index (χ4v) is 3.16. The van der Waals surface area contributed by atoms with Gasteiger partial charge >= 0.3 is 0 Å². The zero-order valence-corrected chi connectivity index (χ0v) is 10.3. The van der Waals surface area contributed by atoms with Crippen LogP contribution in [0.5, 0.6) is 0 Å². The van der Waals surface area contributed by atoms with Crippen molar-refractivity contribution in [1.82, 2.24) is 10.3 Å². The van der Waals surface area contributed by atoms with E-state index in [1.807, 2.05) is 18.4 Å². The summed E-state index contributed by atoms with van der Waals surface area (Å²) in [5, 5.41) is 4.64. The summed E-state index contributed by atoms with van der Waals surface area (Å²) in [4.78, 5) is 4.72. The molecule has 3 rings (SSSR count). The molecule has 84 valence electrons. The molecule has 1 unspecified atom stereocenters.